The molecule has 1 aromatic rings. The number of carbonyl (C=O) groups excluding carboxylic acids is 1. The van der Waals surface area contributed by atoms with Crippen molar-refractivity contribution in [2.24, 2.45) is 0 Å². The molecule has 0 heterocycles. The first-order valence-electron chi connectivity index (χ1n) is 3.78. The number of fused-ring (bicyclic) bond motifs is 1. The Morgan fingerprint density at radius 1 is 1.25 bits per heavy atom. The van der Waals surface area contributed by atoms with Crippen LogP contribution in [0, 0.1) is 0 Å². The Morgan fingerprint density at radius 3 is 2.92 bits per heavy atom. The maximum atomic E-state index is 11.0. The van der Waals surface area contributed by atoms with Crippen molar-refractivity contribution in [3.63, 3.8) is 0 Å². The van der Waals surface area contributed by atoms with Gasteiger partial charge in [-0.2, -0.15) is 0 Å². The maximum absolute atomic E-state index is 11.0. The number of carbonyl (C=O) groups is 1. The van der Waals surface area contributed by atoms with Crippen LogP contribution < -0.4 is 0 Å². The van der Waals surface area contributed by atoms with Crippen molar-refractivity contribution in [1.29, 1.82) is 0 Å². The molecule has 2 rings (SSSR count). The Bertz CT molecular complexity index is 366. The van der Waals surface area contributed by atoms with Crippen molar-refractivity contribution >= 4 is 24.5 Å². The van der Waals surface area contributed by atoms with Gasteiger partial charge in [0, 0.05) is 11.3 Å². The van der Waals surface area contributed by atoms with Gasteiger partial charge in [0.15, 0.2) is 5.78 Å². The van der Waals surface area contributed by atoms with Crippen LogP contribution in [0.3, 0.4) is 0 Å². The minimum Gasteiger partial charge on any atom is -0.294 e. The van der Waals surface area contributed by atoms with E-state index >= 15 is 0 Å². The summed E-state index contributed by atoms with van der Waals surface area (Å²) >= 11 is 4.21. The molecule has 0 aliphatic heterocycles. The third-order valence-electron chi connectivity index (χ3n) is 1.94. The Balaban J connectivity index is 2.54. The lowest BCUT2D eigenvalue weighted by atomic mass is 9.97. The highest BCUT2D eigenvalue weighted by atomic mass is 32.1. The molecule has 12 heavy (non-hydrogen) atoms. The molecule has 1 aliphatic rings. The molecule has 0 N–H and O–H groups in total. The third kappa shape index (κ3) is 1.30. The lowest BCUT2D eigenvalue weighted by Gasteiger charge is -2.08. The molecule has 0 atom stereocenters. The summed E-state index contributed by atoms with van der Waals surface area (Å²) in [6.07, 6.45) is 4.00. The van der Waals surface area contributed by atoms with Crippen molar-refractivity contribution in [2.45, 2.75) is 11.3 Å². The Morgan fingerprint density at radius 2 is 2.08 bits per heavy atom. The minimum absolute atomic E-state index is 0.168. The second kappa shape index (κ2) is 2.79. The second-order valence-electron chi connectivity index (χ2n) is 2.86. The van der Waals surface area contributed by atoms with Crippen molar-refractivity contribution in [3.8, 4) is 0 Å². The van der Waals surface area contributed by atoms with Crippen molar-refractivity contribution < 1.29 is 4.79 Å². The van der Waals surface area contributed by atoms with Gasteiger partial charge in [0.2, 0.25) is 0 Å². The number of rotatable bonds is 0. The average molecular weight is 176 g/mol. The fourth-order valence-electron chi connectivity index (χ4n) is 1.34. The molecule has 2 heteroatoms. The van der Waals surface area contributed by atoms with Crippen LogP contribution in [-0.4, -0.2) is 5.78 Å². The minimum atomic E-state index is 0.168. The van der Waals surface area contributed by atoms with Crippen LogP contribution in [0.25, 0.3) is 6.08 Å². The quantitative estimate of drug-likeness (QED) is 0.599. The predicted molar refractivity (Wildman–Crippen MR) is 51.4 cm³/mol. The van der Waals surface area contributed by atoms with E-state index in [2.05, 4.69) is 12.6 Å². The molecule has 0 unspecified atom stereocenters. The predicted octanol–water partition coefficient (Wildman–Crippen LogP) is 2.11. The number of hydrogen-bond donors (Lipinski definition) is 1. The van der Waals surface area contributed by atoms with E-state index in [-0.39, 0.29) is 5.78 Å². The second-order valence-corrected chi connectivity index (χ2v) is 3.38. The van der Waals surface area contributed by atoms with Gasteiger partial charge in [0.1, 0.15) is 0 Å². The Hall–Kier alpha value is -1.02. The van der Waals surface area contributed by atoms with Crippen LogP contribution in [0.5, 0.6) is 0 Å². The van der Waals surface area contributed by atoms with Crippen LogP contribution in [0.4, 0.5) is 0 Å². The van der Waals surface area contributed by atoms with Gasteiger partial charge >= 0.3 is 0 Å². The zero-order valence-corrected chi connectivity index (χ0v) is 7.34. The van der Waals surface area contributed by atoms with E-state index in [0.29, 0.717) is 6.42 Å². The van der Waals surface area contributed by atoms with E-state index in [1.807, 2.05) is 24.3 Å². The summed E-state index contributed by atoms with van der Waals surface area (Å²) in [5.74, 6) is 0.168. The molecule has 1 nitrogen and oxygen atoms in total. The lowest BCUT2D eigenvalue weighted by Crippen LogP contribution is -2.04. The van der Waals surface area contributed by atoms with Crippen molar-refractivity contribution in [1.82, 2.24) is 0 Å². The summed E-state index contributed by atoms with van der Waals surface area (Å²) < 4.78 is 0. The molecule has 60 valence electrons. The van der Waals surface area contributed by atoms with Crippen LogP contribution in [0.1, 0.15) is 11.1 Å². The monoisotopic (exact) mass is 176 g/mol. The average Bonchev–Trinajstić information content (AvgIpc) is 2.03. The molecule has 1 aliphatic carbocycles. The molecule has 0 saturated carbocycles. The number of benzene rings is 1. The van der Waals surface area contributed by atoms with Gasteiger partial charge in [-0.3, -0.25) is 4.79 Å². The van der Waals surface area contributed by atoms with E-state index in [1.54, 1.807) is 6.08 Å². The topological polar surface area (TPSA) is 17.1 Å². The van der Waals surface area contributed by atoms with Gasteiger partial charge in [0.05, 0.1) is 0 Å². The number of ketones is 1. The van der Waals surface area contributed by atoms with Crippen LogP contribution in [0.2, 0.25) is 0 Å². The molecule has 0 saturated heterocycles. The van der Waals surface area contributed by atoms with E-state index in [4.69, 9.17) is 0 Å². The Kier molecular flexibility index (Phi) is 1.77. The van der Waals surface area contributed by atoms with E-state index in [1.165, 1.54) is 0 Å². The van der Waals surface area contributed by atoms with Gasteiger partial charge in [-0.05, 0) is 29.3 Å². The van der Waals surface area contributed by atoms with Gasteiger partial charge < -0.3 is 0 Å². The summed E-state index contributed by atoms with van der Waals surface area (Å²) in [7, 11) is 0. The van der Waals surface area contributed by atoms with Gasteiger partial charge in [-0.1, -0.05) is 12.1 Å². The van der Waals surface area contributed by atoms with Gasteiger partial charge in [-0.25, -0.2) is 0 Å². The fraction of sp³-hybridized carbons (Fsp3) is 0.100. The lowest BCUT2D eigenvalue weighted by molar-refractivity contribution is -0.114. The van der Waals surface area contributed by atoms with E-state index in [0.717, 1.165) is 16.0 Å². The molecule has 0 aromatic heterocycles. The summed E-state index contributed by atoms with van der Waals surface area (Å²) in [6, 6.07) is 5.86. The van der Waals surface area contributed by atoms with E-state index in [9.17, 15) is 4.79 Å². The normalized spacial score (nSPS) is 14.6. The number of allylic oxidation sites excluding steroid dienone is 1. The fourth-order valence-corrected chi connectivity index (χ4v) is 1.57. The van der Waals surface area contributed by atoms with Gasteiger partial charge in [-0.15, -0.1) is 12.6 Å². The number of thiol groups is 1. The highest BCUT2D eigenvalue weighted by Crippen LogP contribution is 2.20. The molecule has 0 fully saturated rings. The molecular weight excluding hydrogens is 168 g/mol. The molecular formula is C10H8OS. The smallest absolute Gasteiger partial charge is 0.160 e. The van der Waals surface area contributed by atoms with Gasteiger partial charge in [0.25, 0.3) is 0 Å². The molecule has 0 amide bonds. The van der Waals surface area contributed by atoms with Crippen molar-refractivity contribution in [2.75, 3.05) is 0 Å². The van der Waals surface area contributed by atoms with Crippen molar-refractivity contribution in [3.05, 3.63) is 35.4 Å². The Labute approximate surface area is 76.5 Å². The molecule has 0 spiro atoms. The first-order chi connectivity index (χ1) is 5.75. The summed E-state index contributed by atoms with van der Waals surface area (Å²) in [5, 5.41) is 0. The highest BCUT2D eigenvalue weighted by molar-refractivity contribution is 7.80. The first kappa shape index (κ1) is 7.62. The zero-order chi connectivity index (χ0) is 8.55. The SMILES string of the molecule is O=C1C=Cc2ccc(S)cc2C1. The molecule has 1 aromatic carbocycles. The first-order valence-corrected chi connectivity index (χ1v) is 4.23. The highest BCUT2D eigenvalue weighted by Gasteiger charge is 2.09. The third-order valence-corrected chi connectivity index (χ3v) is 2.22. The van der Waals surface area contributed by atoms with E-state index < -0.39 is 0 Å². The number of hydrogen-bond acceptors (Lipinski definition) is 2. The molecule has 0 radical (unpaired) electrons. The summed E-state index contributed by atoms with van der Waals surface area (Å²) in [5.41, 5.74) is 2.21. The van der Waals surface area contributed by atoms with Crippen LogP contribution in [0.15, 0.2) is 29.2 Å². The van der Waals surface area contributed by atoms with Crippen LogP contribution >= 0.6 is 12.6 Å². The summed E-state index contributed by atoms with van der Waals surface area (Å²) in [6.45, 7) is 0. The maximum Gasteiger partial charge on any atom is 0.160 e. The largest absolute Gasteiger partial charge is 0.294 e. The van der Waals surface area contributed by atoms with Crippen LogP contribution in [-0.2, 0) is 11.2 Å². The molecule has 0 bridgehead atoms. The summed E-state index contributed by atoms with van der Waals surface area (Å²) in [4.78, 5) is 11.9. The standard InChI is InChI=1S/C10H8OS/c11-9-3-1-7-2-4-10(12)6-8(7)5-9/h1-4,6,12H,5H2. The zero-order valence-electron chi connectivity index (χ0n) is 6.45.